The molecule has 4 nitrogen and oxygen atoms in total. The van der Waals surface area contributed by atoms with Crippen LogP contribution in [0.3, 0.4) is 0 Å². The lowest BCUT2D eigenvalue weighted by molar-refractivity contribution is -0.113. The summed E-state index contributed by atoms with van der Waals surface area (Å²) >= 11 is 8.11. The van der Waals surface area contributed by atoms with Crippen molar-refractivity contribution in [3.8, 4) is 6.07 Å². The van der Waals surface area contributed by atoms with E-state index in [2.05, 4.69) is 28.8 Å². The van der Waals surface area contributed by atoms with Gasteiger partial charge in [0, 0.05) is 27.7 Å². The van der Waals surface area contributed by atoms with Crippen LogP contribution in [0.2, 0.25) is 5.02 Å². The molecule has 1 heterocycles. The van der Waals surface area contributed by atoms with Gasteiger partial charge in [0.15, 0.2) is 0 Å². The van der Waals surface area contributed by atoms with E-state index in [0.29, 0.717) is 33.3 Å². The van der Waals surface area contributed by atoms with Crippen molar-refractivity contribution >= 4 is 35.0 Å². The fraction of sp³-hybridized carbons (Fsp3) is 0.111. The predicted octanol–water partition coefficient (Wildman–Crippen LogP) is 6.61. The number of amides is 1. The highest BCUT2D eigenvalue weighted by Gasteiger charge is 2.35. The molecule has 6 heteroatoms. The molecule has 33 heavy (non-hydrogen) atoms. The predicted molar refractivity (Wildman–Crippen MR) is 135 cm³/mol. The Hall–Kier alpha value is -3.46. The normalized spacial score (nSPS) is 15.6. The number of benzene rings is 3. The monoisotopic (exact) mass is 471 g/mol. The van der Waals surface area contributed by atoms with Crippen LogP contribution < -0.4 is 10.6 Å². The SMILES string of the molecule is CC1=C(C(=O)Nc2ccccc2)C(c2ccccc2Cl)C(C#N)=C(SCc2ccccc2)N1. The molecule has 1 aliphatic heterocycles. The zero-order valence-corrected chi connectivity index (χ0v) is 19.6. The third kappa shape index (κ3) is 5.14. The fourth-order valence-corrected chi connectivity index (χ4v) is 5.09. The third-order valence-electron chi connectivity index (χ3n) is 5.37. The number of nitrogens with zero attached hydrogens (tertiary/aromatic N) is 1. The molecular formula is C27H22ClN3OS. The average Bonchev–Trinajstić information content (AvgIpc) is 2.84. The summed E-state index contributed by atoms with van der Waals surface area (Å²) in [6.45, 7) is 1.86. The molecule has 1 amide bonds. The van der Waals surface area contributed by atoms with E-state index < -0.39 is 5.92 Å². The molecule has 0 spiro atoms. The van der Waals surface area contributed by atoms with Crippen molar-refractivity contribution in [2.45, 2.75) is 18.6 Å². The maximum atomic E-state index is 13.4. The number of nitrogens with one attached hydrogen (secondary N) is 2. The lowest BCUT2D eigenvalue weighted by atomic mass is 9.82. The van der Waals surface area contributed by atoms with Crippen molar-refractivity contribution in [2.24, 2.45) is 0 Å². The molecule has 164 valence electrons. The number of thioether (sulfide) groups is 1. The van der Waals surface area contributed by atoms with E-state index in [4.69, 9.17) is 11.6 Å². The van der Waals surface area contributed by atoms with Gasteiger partial charge in [-0.3, -0.25) is 4.79 Å². The molecule has 0 aromatic heterocycles. The minimum absolute atomic E-state index is 0.268. The second kappa shape index (κ2) is 10.4. The van der Waals surface area contributed by atoms with E-state index in [9.17, 15) is 10.1 Å². The molecule has 2 N–H and O–H groups in total. The van der Waals surface area contributed by atoms with Crippen molar-refractivity contribution in [1.82, 2.24) is 5.32 Å². The van der Waals surface area contributed by atoms with Gasteiger partial charge in [-0.25, -0.2) is 0 Å². The summed E-state index contributed by atoms with van der Waals surface area (Å²) in [5.41, 5.74) is 4.22. The number of halogens is 1. The average molecular weight is 472 g/mol. The highest BCUT2D eigenvalue weighted by atomic mass is 35.5. The summed E-state index contributed by atoms with van der Waals surface area (Å²) in [4.78, 5) is 13.4. The lowest BCUT2D eigenvalue weighted by Gasteiger charge is -2.30. The Bertz CT molecular complexity index is 1260. The van der Waals surface area contributed by atoms with Gasteiger partial charge in [-0.15, -0.1) is 11.8 Å². The van der Waals surface area contributed by atoms with E-state index in [1.807, 2.05) is 73.7 Å². The molecular weight excluding hydrogens is 450 g/mol. The number of nitriles is 1. The Kier molecular flexibility index (Phi) is 7.19. The summed E-state index contributed by atoms with van der Waals surface area (Å²) in [5, 5.41) is 17.7. The molecule has 1 unspecified atom stereocenters. The Morgan fingerprint density at radius 2 is 1.67 bits per heavy atom. The molecule has 0 bridgehead atoms. The first kappa shape index (κ1) is 22.7. The van der Waals surface area contributed by atoms with Gasteiger partial charge in [0.05, 0.1) is 22.6 Å². The van der Waals surface area contributed by atoms with Gasteiger partial charge in [-0.1, -0.05) is 78.3 Å². The number of hydrogen-bond donors (Lipinski definition) is 2. The highest BCUT2D eigenvalue weighted by molar-refractivity contribution is 8.02. The van der Waals surface area contributed by atoms with Gasteiger partial charge in [-0.05, 0) is 36.2 Å². The minimum Gasteiger partial charge on any atom is -0.353 e. The summed E-state index contributed by atoms with van der Waals surface area (Å²) in [6.07, 6.45) is 0. The summed E-state index contributed by atoms with van der Waals surface area (Å²) in [5.74, 6) is -0.148. The van der Waals surface area contributed by atoms with Gasteiger partial charge < -0.3 is 10.6 Å². The van der Waals surface area contributed by atoms with Gasteiger partial charge in [-0.2, -0.15) is 5.26 Å². The van der Waals surface area contributed by atoms with Crippen LogP contribution in [0.5, 0.6) is 0 Å². The first-order valence-corrected chi connectivity index (χ1v) is 11.8. The zero-order chi connectivity index (χ0) is 23.2. The first-order chi connectivity index (χ1) is 16.1. The van der Waals surface area contributed by atoms with E-state index in [0.717, 1.165) is 16.2 Å². The van der Waals surface area contributed by atoms with Crippen LogP contribution in [0.4, 0.5) is 5.69 Å². The largest absolute Gasteiger partial charge is 0.353 e. The van der Waals surface area contributed by atoms with E-state index >= 15 is 0 Å². The molecule has 0 aliphatic carbocycles. The standard InChI is InChI=1S/C27H22ClN3OS/c1-18-24(26(32)31-20-12-6-3-7-13-20)25(21-14-8-9-15-23(21)28)22(16-29)27(30-18)33-17-19-10-4-2-5-11-19/h2-15,25,30H,17H2,1H3,(H,31,32). The second-order valence-corrected chi connectivity index (χ2v) is 8.96. The molecule has 0 fully saturated rings. The number of hydrogen-bond acceptors (Lipinski definition) is 4. The van der Waals surface area contributed by atoms with Crippen LogP contribution in [-0.2, 0) is 10.5 Å². The van der Waals surface area contributed by atoms with Crippen molar-refractivity contribution < 1.29 is 4.79 Å². The van der Waals surface area contributed by atoms with Crippen LogP contribution in [-0.4, -0.2) is 5.91 Å². The van der Waals surface area contributed by atoms with E-state index in [-0.39, 0.29) is 5.91 Å². The van der Waals surface area contributed by atoms with E-state index in [1.54, 1.807) is 17.8 Å². The summed E-state index contributed by atoms with van der Waals surface area (Å²) in [6, 6.07) is 29.1. The second-order valence-electron chi connectivity index (χ2n) is 7.57. The molecule has 4 rings (SSSR count). The van der Waals surface area contributed by atoms with Crippen molar-refractivity contribution in [3.63, 3.8) is 0 Å². The maximum absolute atomic E-state index is 13.4. The molecule has 0 saturated carbocycles. The smallest absolute Gasteiger partial charge is 0.254 e. The number of rotatable bonds is 6. The Balaban J connectivity index is 1.74. The van der Waals surface area contributed by atoms with Crippen molar-refractivity contribution in [3.05, 3.63) is 123 Å². The number of carbonyl (C=O) groups excluding carboxylic acids is 1. The van der Waals surface area contributed by atoms with Gasteiger partial charge in [0.1, 0.15) is 0 Å². The molecule has 3 aromatic rings. The molecule has 3 aromatic carbocycles. The zero-order valence-electron chi connectivity index (χ0n) is 18.0. The highest BCUT2D eigenvalue weighted by Crippen LogP contribution is 2.43. The quantitative estimate of drug-likeness (QED) is 0.424. The first-order valence-electron chi connectivity index (χ1n) is 10.5. The summed E-state index contributed by atoms with van der Waals surface area (Å²) in [7, 11) is 0. The van der Waals surface area contributed by atoms with Crippen molar-refractivity contribution in [1.29, 1.82) is 5.26 Å². The van der Waals surface area contributed by atoms with Crippen LogP contribution in [0.15, 0.2) is 107 Å². The molecule has 0 radical (unpaired) electrons. The topological polar surface area (TPSA) is 64.9 Å². The fourth-order valence-electron chi connectivity index (χ4n) is 3.80. The van der Waals surface area contributed by atoms with Gasteiger partial charge in [0.25, 0.3) is 5.91 Å². The number of allylic oxidation sites excluding steroid dienone is 2. The number of carbonyl (C=O) groups is 1. The third-order valence-corrected chi connectivity index (χ3v) is 6.80. The van der Waals surface area contributed by atoms with Crippen molar-refractivity contribution in [2.75, 3.05) is 5.32 Å². The number of anilines is 1. The van der Waals surface area contributed by atoms with Gasteiger partial charge >= 0.3 is 0 Å². The number of dihydropyridines is 1. The minimum atomic E-state index is -0.577. The number of para-hydroxylation sites is 1. The lowest BCUT2D eigenvalue weighted by Crippen LogP contribution is -2.30. The van der Waals surface area contributed by atoms with Crippen LogP contribution in [0.1, 0.15) is 24.0 Å². The molecule has 1 atom stereocenters. The van der Waals surface area contributed by atoms with Gasteiger partial charge in [0.2, 0.25) is 0 Å². The van der Waals surface area contributed by atoms with Crippen LogP contribution in [0.25, 0.3) is 0 Å². The van der Waals surface area contributed by atoms with E-state index in [1.165, 1.54) is 0 Å². The maximum Gasteiger partial charge on any atom is 0.254 e. The Morgan fingerprint density at radius 3 is 2.33 bits per heavy atom. The van der Waals surface area contributed by atoms with Crippen LogP contribution >= 0.6 is 23.4 Å². The molecule has 0 saturated heterocycles. The summed E-state index contributed by atoms with van der Waals surface area (Å²) < 4.78 is 0. The van der Waals surface area contributed by atoms with Crippen LogP contribution in [0, 0.1) is 11.3 Å². The molecule has 1 aliphatic rings. The Labute approximate surface area is 203 Å². The Morgan fingerprint density at radius 1 is 1.03 bits per heavy atom.